The molecule has 1 aromatic heterocycles. The normalized spacial score (nSPS) is 19.0. The molecular formula is C16H27BrN4. The third kappa shape index (κ3) is 4.66. The second kappa shape index (κ2) is 7.56. The Bertz CT molecular complexity index is 456. The fraction of sp³-hybridized carbons (Fsp3) is 0.688. The number of rotatable bonds is 5. The van der Waals surface area contributed by atoms with Crippen molar-refractivity contribution in [3.8, 4) is 0 Å². The molecule has 1 fully saturated rings. The maximum absolute atomic E-state index is 4.48. The number of nitrogens with zero attached hydrogens (tertiary/aromatic N) is 3. The van der Waals surface area contributed by atoms with E-state index in [9.17, 15) is 0 Å². The molecule has 5 heteroatoms. The first kappa shape index (κ1) is 16.7. The lowest BCUT2D eigenvalue weighted by Gasteiger charge is -2.40. The summed E-state index contributed by atoms with van der Waals surface area (Å²) in [6.45, 7) is 12.3. The smallest absolute Gasteiger partial charge is 0.128 e. The first-order chi connectivity index (χ1) is 9.97. The van der Waals surface area contributed by atoms with Gasteiger partial charge in [-0.15, -0.1) is 0 Å². The molecule has 1 unspecified atom stereocenters. The number of halogens is 1. The van der Waals surface area contributed by atoms with Crippen molar-refractivity contribution in [3.05, 3.63) is 22.3 Å². The highest BCUT2D eigenvalue weighted by Crippen LogP contribution is 2.19. The largest absolute Gasteiger partial charge is 0.368 e. The molecule has 0 aliphatic carbocycles. The molecule has 0 aromatic carbocycles. The first-order valence-electron chi connectivity index (χ1n) is 7.76. The van der Waals surface area contributed by atoms with Crippen molar-refractivity contribution in [2.75, 3.05) is 45.1 Å². The Balaban J connectivity index is 1.97. The van der Waals surface area contributed by atoms with Crippen LogP contribution in [0.4, 0.5) is 5.82 Å². The number of anilines is 1. The number of aromatic nitrogens is 1. The van der Waals surface area contributed by atoms with Crippen LogP contribution in [0.15, 0.2) is 16.7 Å². The summed E-state index contributed by atoms with van der Waals surface area (Å²) in [6, 6.07) is 2.67. The molecule has 1 saturated heterocycles. The lowest BCUT2D eigenvalue weighted by atomic mass is 10.0. The van der Waals surface area contributed by atoms with E-state index in [1.165, 1.54) is 18.7 Å². The average molecular weight is 355 g/mol. The van der Waals surface area contributed by atoms with Gasteiger partial charge >= 0.3 is 0 Å². The molecule has 0 spiro atoms. The second-order valence-electron chi connectivity index (χ2n) is 6.35. The molecule has 118 valence electrons. The van der Waals surface area contributed by atoms with Crippen molar-refractivity contribution >= 4 is 21.7 Å². The highest BCUT2D eigenvalue weighted by Gasteiger charge is 2.24. The van der Waals surface area contributed by atoms with E-state index in [4.69, 9.17) is 0 Å². The van der Waals surface area contributed by atoms with Crippen LogP contribution in [-0.2, 0) is 0 Å². The van der Waals surface area contributed by atoms with Gasteiger partial charge in [0.05, 0.1) is 0 Å². The van der Waals surface area contributed by atoms with Crippen molar-refractivity contribution < 1.29 is 0 Å². The SMILES string of the molecule is Cc1cc(Br)cnc1NCC(C(C)C)N1CCN(C)CC1. The number of hydrogen-bond donors (Lipinski definition) is 1. The molecule has 2 rings (SSSR count). The van der Waals surface area contributed by atoms with Crippen LogP contribution >= 0.6 is 15.9 Å². The van der Waals surface area contributed by atoms with E-state index in [1.54, 1.807) is 0 Å². The summed E-state index contributed by atoms with van der Waals surface area (Å²) in [6.07, 6.45) is 1.86. The summed E-state index contributed by atoms with van der Waals surface area (Å²) in [4.78, 5) is 9.50. The van der Waals surface area contributed by atoms with E-state index >= 15 is 0 Å². The van der Waals surface area contributed by atoms with Crippen molar-refractivity contribution in [1.82, 2.24) is 14.8 Å². The molecular weight excluding hydrogens is 328 g/mol. The second-order valence-corrected chi connectivity index (χ2v) is 7.27. The highest BCUT2D eigenvalue weighted by atomic mass is 79.9. The predicted octanol–water partition coefficient (Wildman–Crippen LogP) is 2.84. The summed E-state index contributed by atoms with van der Waals surface area (Å²) in [5, 5.41) is 3.54. The Morgan fingerprint density at radius 3 is 2.52 bits per heavy atom. The number of hydrogen-bond acceptors (Lipinski definition) is 4. The zero-order chi connectivity index (χ0) is 15.4. The third-order valence-corrected chi connectivity index (χ3v) is 4.73. The summed E-state index contributed by atoms with van der Waals surface area (Å²) >= 11 is 3.46. The minimum Gasteiger partial charge on any atom is -0.368 e. The average Bonchev–Trinajstić information content (AvgIpc) is 2.42. The number of piperazine rings is 1. The van der Waals surface area contributed by atoms with Gasteiger partial charge in [-0.25, -0.2) is 4.98 Å². The van der Waals surface area contributed by atoms with E-state index in [-0.39, 0.29) is 0 Å². The van der Waals surface area contributed by atoms with E-state index in [0.29, 0.717) is 12.0 Å². The summed E-state index contributed by atoms with van der Waals surface area (Å²) in [5.41, 5.74) is 1.19. The Hall–Kier alpha value is -0.650. The highest BCUT2D eigenvalue weighted by molar-refractivity contribution is 9.10. The lowest BCUT2D eigenvalue weighted by Crippen LogP contribution is -2.52. The van der Waals surface area contributed by atoms with E-state index < -0.39 is 0 Å². The molecule has 0 radical (unpaired) electrons. The van der Waals surface area contributed by atoms with Gasteiger partial charge in [0.2, 0.25) is 0 Å². The fourth-order valence-corrected chi connectivity index (χ4v) is 3.31. The van der Waals surface area contributed by atoms with Crippen molar-refractivity contribution in [2.24, 2.45) is 5.92 Å². The molecule has 1 N–H and O–H groups in total. The molecule has 1 aliphatic heterocycles. The van der Waals surface area contributed by atoms with Crippen LogP contribution in [-0.4, -0.2) is 60.6 Å². The molecule has 21 heavy (non-hydrogen) atoms. The zero-order valence-corrected chi connectivity index (χ0v) is 15.2. The van der Waals surface area contributed by atoms with Gasteiger partial charge in [-0.3, -0.25) is 4.90 Å². The maximum Gasteiger partial charge on any atom is 0.128 e. The molecule has 2 heterocycles. The standard InChI is InChI=1S/C16H27BrN4/c1-12(2)15(21-7-5-20(4)6-8-21)11-19-16-13(3)9-14(17)10-18-16/h9-10,12,15H,5-8,11H2,1-4H3,(H,18,19). The van der Waals surface area contributed by atoms with Gasteiger partial charge in [-0.2, -0.15) is 0 Å². The zero-order valence-electron chi connectivity index (χ0n) is 13.6. The number of likely N-dealkylation sites (N-methyl/N-ethyl adjacent to an activating group) is 1. The third-order valence-electron chi connectivity index (χ3n) is 4.30. The summed E-state index contributed by atoms with van der Waals surface area (Å²) in [7, 11) is 2.20. The van der Waals surface area contributed by atoms with Gasteiger partial charge in [0.1, 0.15) is 5.82 Å². The van der Waals surface area contributed by atoms with Crippen LogP contribution in [0.25, 0.3) is 0 Å². The lowest BCUT2D eigenvalue weighted by molar-refractivity contribution is 0.0944. The molecule has 0 bridgehead atoms. The van der Waals surface area contributed by atoms with Gasteiger partial charge in [-0.05, 0) is 47.4 Å². The first-order valence-corrected chi connectivity index (χ1v) is 8.55. The quantitative estimate of drug-likeness (QED) is 0.880. The van der Waals surface area contributed by atoms with Crippen LogP contribution in [0, 0.1) is 12.8 Å². The van der Waals surface area contributed by atoms with Crippen LogP contribution in [0.2, 0.25) is 0 Å². The van der Waals surface area contributed by atoms with Crippen LogP contribution in [0.1, 0.15) is 19.4 Å². The molecule has 1 aromatic rings. The van der Waals surface area contributed by atoms with Gasteiger partial charge in [0, 0.05) is 49.4 Å². The maximum atomic E-state index is 4.48. The van der Waals surface area contributed by atoms with Gasteiger partial charge < -0.3 is 10.2 Å². The van der Waals surface area contributed by atoms with E-state index in [2.05, 4.69) is 69.9 Å². The Morgan fingerprint density at radius 1 is 1.29 bits per heavy atom. The fourth-order valence-electron chi connectivity index (χ4n) is 2.87. The molecule has 1 aliphatic rings. The van der Waals surface area contributed by atoms with Crippen molar-refractivity contribution in [3.63, 3.8) is 0 Å². The molecule has 1 atom stereocenters. The summed E-state index contributed by atoms with van der Waals surface area (Å²) < 4.78 is 1.03. The monoisotopic (exact) mass is 354 g/mol. The minimum absolute atomic E-state index is 0.559. The number of nitrogens with one attached hydrogen (secondary N) is 1. The number of pyridine rings is 1. The van der Waals surface area contributed by atoms with Gasteiger partial charge in [-0.1, -0.05) is 13.8 Å². The molecule has 0 amide bonds. The van der Waals surface area contributed by atoms with Gasteiger partial charge in [0.15, 0.2) is 0 Å². The molecule has 0 saturated carbocycles. The summed E-state index contributed by atoms with van der Waals surface area (Å²) in [5.74, 6) is 1.63. The Morgan fingerprint density at radius 2 is 1.95 bits per heavy atom. The topological polar surface area (TPSA) is 31.4 Å². The van der Waals surface area contributed by atoms with Crippen LogP contribution in [0.5, 0.6) is 0 Å². The Labute approximate surface area is 137 Å². The number of aryl methyl sites for hydroxylation is 1. The van der Waals surface area contributed by atoms with Crippen LogP contribution in [0.3, 0.4) is 0 Å². The predicted molar refractivity (Wildman–Crippen MR) is 92.9 cm³/mol. The van der Waals surface area contributed by atoms with Crippen molar-refractivity contribution in [1.29, 1.82) is 0 Å². The van der Waals surface area contributed by atoms with Crippen LogP contribution < -0.4 is 5.32 Å². The van der Waals surface area contributed by atoms with E-state index in [1.807, 2.05) is 6.20 Å². The minimum atomic E-state index is 0.559. The molecule has 4 nitrogen and oxygen atoms in total. The van der Waals surface area contributed by atoms with Gasteiger partial charge in [0.25, 0.3) is 0 Å². The van der Waals surface area contributed by atoms with Crippen molar-refractivity contribution in [2.45, 2.75) is 26.8 Å². The Kier molecular flexibility index (Phi) is 6.02. The van der Waals surface area contributed by atoms with E-state index in [0.717, 1.165) is 29.9 Å².